The first-order chi connectivity index (χ1) is 7.77. The molecule has 0 spiro atoms. The molecule has 1 aromatic rings. The number of thioether (sulfide) groups is 1. The lowest BCUT2D eigenvalue weighted by molar-refractivity contribution is 0.431. The maximum atomic E-state index is 6.19. The summed E-state index contributed by atoms with van der Waals surface area (Å²) in [5.74, 6) is 2.57. The Morgan fingerprint density at radius 1 is 1.31 bits per heavy atom. The predicted molar refractivity (Wildman–Crippen MR) is 73.3 cm³/mol. The maximum Gasteiger partial charge on any atom is 0.0453 e. The van der Waals surface area contributed by atoms with Gasteiger partial charge in [0.2, 0.25) is 0 Å². The largest absolute Gasteiger partial charge is 0.307 e. The minimum atomic E-state index is 0.349. The monoisotopic (exact) mass is 255 g/mol. The van der Waals surface area contributed by atoms with Gasteiger partial charge < -0.3 is 5.32 Å². The molecule has 0 amide bonds. The molecular formula is C13H18ClNS. The quantitative estimate of drug-likeness (QED) is 0.880. The van der Waals surface area contributed by atoms with Gasteiger partial charge in [-0.1, -0.05) is 29.8 Å². The fourth-order valence-electron chi connectivity index (χ4n) is 2.13. The van der Waals surface area contributed by atoms with Crippen LogP contribution in [0.15, 0.2) is 24.3 Å². The van der Waals surface area contributed by atoms with Crippen LogP contribution in [0.2, 0.25) is 5.02 Å². The Bertz CT molecular complexity index is 336. The van der Waals surface area contributed by atoms with Gasteiger partial charge >= 0.3 is 0 Å². The molecule has 1 N–H and O–H groups in total. The average Bonchev–Trinajstić information content (AvgIpc) is 2.31. The molecule has 0 saturated carbocycles. The number of hydrogen-bond donors (Lipinski definition) is 1. The van der Waals surface area contributed by atoms with E-state index in [0.717, 1.165) is 5.02 Å². The summed E-state index contributed by atoms with van der Waals surface area (Å²) in [6, 6.07) is 9.12. The highest BCUT2D eigenvalue weighted by atomic mass is 35.5. The first kappa shape index (κ1) is 12.3. The predicted octanol–water partition coefficient (Wildman–Crippen LogP) is 3.89. The molecular weight excluding hydrogens is 238 g/mol. The topological polar surface area (TPSA) is 12.0 Å². The molecule has 1 saturated heterocycles. The molecule has 2 rings (SSSR count). The summed E-state index contributed by atoms with van der Waals surface area (Å²) >= 11 is 8.25. The van der Waals surface area contributed by atoms with Crippen LogP contribution in [-0.2, 0) is 0 Å². The Hall–Kier alpha value is -0.180. The SMILES string of the molecule is C[C@@H](NC1CCSCC1)c1ccccc1Cl. The molecule has 88 valence electrons. The van der Waals surface area contributed by atoms with Crippen molar-refractivity contribution in [3.8, 4) is 0 Å². The zero-order valence-electron chi connectivity index (χ0n) is 9.58. The molecule has 1 heterocycles. The van der Waals surface area contributed by atoms with E-state index in [0.29, 0.717) is 12.1 Å². The standard InChI is InChI=1S/C13H18ClNS/c1-10(12-4-2-3-5-13(12)14)15-11-6-8-16-9-7-11/h2-5,10-11,15H,6-9H2,1H3/t10-/m1/s1. The first-order valence-corrected chi connectivity index (χ1v) is 7.39. The highest BCUT2D eigenvalue weighted by molar-refractivity contribution is 7.99. The number of rotatable bonds is 3. The second-order valence-electron chi connectivity index (χ2n) is 4.30. The summed E-state index contributed by atoms with van der Waals surface area (Å²) in [6.07, 6.45) is 2.55. The molecule has 16 heavy (non-hydrogen) atoms. The Labute approximate surface area is 107 Å². The van der Waals surface area contributed by atoms with Crippen molar-refractivity contribution in [2.24, 2.45) is 0 Å². The minimum absolute atomic E-state index is 0.349. The lowest BCUT2D eigenvalue weighted by Gasteiger charge is -2.27. The summed E-state index contributed by atoms with van der Waals surface area (Å²) in [5, 5.41) is 4.55. The Kier molecular flexibility index (Phi) is 4.56. The second kappa shape index (κ2) is 5.95. The lowest BCUT2D eigenvalue weighted by Crippen LogP contribution is -2.34. The Balaban J connectivity index is 1.96. The van der Waals surface area contributed by atoms with Gasteiger partial charge in [-0.2, -0.15) is 11.8 Å². The van der Waals surface area contributed by atoms with Crippen LogP contribution in [0.25, 0.3) is 0 Å². The van der Waals surface area contributed by atoms with Gasteiger partial charge in [-0.15, -0.1) is 0 Å². The van der Waals surface area contributed by atoms with Crippen LogP contribution in [0.1, 0.15) is 31.4 Å². The zero-order valence-corrected chi connectivity index (χ0v) is 11.2. The molecule has 0 radical (unpaired) electrons. The third-order valence-electron chi connectivity index (χ3n) is 3.08. The molecule has 0 bridgehead atoms. The lowest BCUT2D eigenvalue weighted by atomic mass is 10.1. The summed E-state index contributed by atoms with van der Waals surface area (Å²) in [5.41, 5.74) is 1.21. The van der Waals surface area contributed by atoms with Crippen LogP contribution in [0.5, 0.6) is 0 Å². The molecule has 1 fully saturated rings. The minimum Gasteiger partial charge on any atom is -0.307 e. The smallest absolute Gasteiger partial charge is 0.0453 e. The summed E-state index contributed by atoms with van der Waals surface area (Å²) in [7, 11) is 0. The van der Waals surface area contributed by atoms with Gasteiger partial charge in [0.05, 0.1) is 0 Å². The van der Waals surface area contributed by atoms with Gasteiger partial charge in [0.25, 0.3) is 0 Å². The van der Waals surface area contributed by atoms with Gasteiger partial charge in [0, 0.05) is 17.1 Å². The van der Waals surface area contributed by atoms with Crippen LogP contribution < -0.4 is 5.32 Å². The van der Waals surface area contributed by atoms with Crippen LogP contribution in [0.3, 0.4) is 0 Å². The van der Waals surface area contributed by atoms with E-state index in [1.165, 1.54) is 29.9 Å². The van der Waals surface area contributed by atoms with Crippen molar-refractivity contribution < 1.29 is 0 Å². The average molecular weight is 256 g/mol. The fourth-order valence-corrected chi connectivity index (χ4v) is 3.54. The number of hydrogen-bond acceptors (Lipinski definition) is 2. The summed E-state index contributed by atoms with van der Waals surface area (Å²) in [6.45, 7) is 2.20. The normalized spacial score (nSPS) is 19.6. The van der Waals surface area contributed by atoms with Crippen LogP contribution in [0.4, 0.5) is 0 Å². The van der Waals surface area contributed by atoms with E-state index in [1.807, 2.05) is 12.1 Å². The van der Waals surface area contributed by atoms with Crippen molar-refractivity contribution in [2.45, 2.75) is 31.8 Å². The van der Waals surface area contributed by atoms with Crippen molar-refractivity contribution in [3.05, 3.63) is 34.9 Å². The van der Waals surface area contributed by atoms with Crippen LogP contribution in [0, 0.1) is 0 Å². The zero-order chi connectivity index (χ0) is 11.4. The van der Waals surface area contributed by atoms with E-state index in [9.17, 15) is 0 Å². The van der Waals surface area contributed by atoms with Crippen molar-refractivity contribution in [1.29, 1.82) is 0 Å². The van der Waals surface area contributed by atoms with Gasteiger partial charge in [0.1, 0.15) is 0 Å². The molecule has 1 atom stereocenters. The summed E-state index contributed by atoms with van der Waals surface area (Å²) < 4.78 is 0. The third kappa shape index (κ3) is 3.16. The molecule has 3 heteroatoms. The van der Waals surface area contributed by atoms with E-state index in [2.05, 4.69) is 36.1 Å². The molecule has 0 aromatic heterocycles. The van der Waals surface area contributed by atoms with E-state index in [1.54, 1.807) is 0 Å². The second-order valence-corrected chi connectivity index (χ2v) is 5.93. The summed E-state index contributed by atoms with van der Waals surface area (Å²) in [4.78, 5) is 0. The number of halogens is 1. The van der Waals surface area contributed by atoms with Gasteiger partial charge in [-0.3, -0.25) is 0 Å². The molecule has 0 aliphatic carbocycles. The molecule has 1 aromatic carbocycles. The van der Waals surface area contributed by atoms with E-state index in [4.69, 9.17) is 11.6 Å². The number of benzene rings is 1. The van der Waals surface area contributed by atoms with Crippen molar-refractivity contribution >= 4 is 23.4 Å². The highest BCUT2D eigenvalue weighted by Gasteiger charge is 2.17. The van der Waals surface area contributed by atoms with E-state index >= 15 is 0 Å². The first-order valence-electron chi connectivity index (χ1n) is 5.85. The highest BCUT2D eigenvalue weighted by Crippen LogP contribution is 2.25. The van der Waals surface area contributed by atoms with Crippen LogP contribution >= 0.6 is 23.4 Å². The van der Waals surface area contributed by atoms with Gasteiger partial charge in [0.15, 0.2) is 0 Å². The molecule has 1 aliphatic rings. The Morgan fingerprint density at radius 2 is 2.00 bits per heavy atom. The van der Waals surface area contributed by atoms with Crippen molar-refractivity contribution in [1.82, 2.24) is 5.32 Å². The number of nitrogens with one attached hydrogen (secondary N) is 1. The molecule has 1 aliphatic heterocycles. The van der Waals surface area contributed by atoms with Gasteiger partial charge in [-0.05, 0) is 42.9 Å². The van der Waals surface area contributed by atoms with E-state index < -0.39 is 0 Å². The molecule has 1 nitrogen and oxygen atoms in total. The van der Waals surface area contributed by atoms with E-state index in [-0.39, 0.29) is 0 Å². The van der Waals surface area contributed by atoms with Crippen molar-refractivity contribution in [3.63, 3.8) is 0 Å². The maximum absolute atomic E-state index is 6.19. The van der Waals surface area contributed by atoms with Crippen molar-refractivity contribution in [2.75, 3.05) is 11.5 Å². The fraction of sp³-hybridized carbons (Fsp3) is 0.538. The van der Waals surface area contributed by atoms with Gasteiger partial charge in [-0.25, -0.2) is 0 Å². The molecule has 0 unspecified atom stereocenters. The third-order valence-corrected chi connectivity index (χ3v) is 4.47. The van der Waals surface area contributed by atoms with Crippen LogP contribution in [-0.4, -0.2) is 17.5 Å². The Morgan fingerprint density at radius 3 is 2.69 bits per heavy atom.